The lowest BCUT2D eigenvalue weighted by Gasteiger charge is -2.25. The van der Waals surface area contributed by atoms with Gasteiger partial charge < -0.3 is 14.7 Å². The largest absolute Gasteiger partial charge is 0.480 e. The first kappa shape index (κ1) is 17.4. The number of unbranched alkanes of at least 4 members (excludes halogenated alkanes) is 2. The van der Waals surface area contributed by atoms with Gasteiger partial charge in [0, 0.05) is 6.54 Å². The van der Waals surface area contributed by atoms with Crippen molar-refractivity contribution in [1.82, 2.24) is 4.90 Å². The second kappa shape index (κ2) is 9.35. The van der Waals surface area contributed by atoms with E-state index in [1.54, 1.807) is 0 Å². The molecule has 0 aromatic heterocycles. The summed E-state index contributed by atoms with van der Waals surface area (Å²) in [5, 5.41) is 8.95. The zero-order valence-electron chi connectivity index (χ0n) is 11.8. The van der Waals surface area contributed by atoms with E-state index in [1.165, 1.54) is 6.92 Å². The Hall–Kier alpha value is -1.59. The summed E-state index contributed by atoms with van der Waals surface area (Å²) in [5.74, 6) is -2.98. The smallest absolute Gasteiger partial charge is 0.397 e. The number of esters is 1. The van der Waals surface area contributed by atoms with Crippen molar-refractivity contribution >= 4 is 17.8 Å². The molecule has 0 fully saturated rings. The van der Waals surface area contributed by atoms with Crippen LogP contribution in [-0.2, 0) is 19.1 Å². The highest BCUT2D eigenvalue weighted by Gasteiger charge is 2.30. The van der Waals surface area contributed by atoms with Gasteiger partial charge in [-0.3, -0.25) is 4.79 Å². The molecule has 0 aromatic carbocycles. The molecule has 0 saturated heterocycles. The summed E-state index contributed by atoms with van der Waals surface area (Å²) in [6.07, 6.45) is 2.99. The van der Waals surface area contributed by atoms with Gasteiger partial charge in [0.25, 0.3) is 0 Å². The lowest BCUT2D eigenvalue weighted by atomic mass is 10.2. The SMILES string of the molecule is CCCCOC(=O)C(=O)N(CCCC)C(C)C(=O)O. The van der Waals surface area contributed by atoms with Gasteiger partial charge in [0.15, 0.2) is 0 Å². The fourth-order valence-corrected chi connectivity index (χ4v) is 1.42. The number of aliphatic carboxylic acids is 1. The van der Waals surface area contributed by atoms with Gasteiger partial charge in [-0.1, -0.05) is 26.7 Å². The number of hydrogen-bond donors (Lipinski definition) is 1. The van der Waals surface area contributed by atoms with Crippen molar-refractivity contribution in [1.29, 1.82) is 0 Å². The van der Waals surface area contributed by atoms with E-state index in [9.17, 15) is 14.4 Å². The number of carboxylic acid groups (broad SMARTS) is 1. The number of nitrogens with zero attached hydrogens (tertiary/aromatic N) is 1. The Morgan fingerprint density at radius 2 is 1.74 bits per heavy atom. The van der Waals surface area contributed by atoms with Crippen molar-refractivity contribution in [2.45, 2.75) is 52.5 Å². The standard InChI is InChI=1S/C13H23NO5/c1-4-6-8-14(10(3)12(16)17)11(15)13(18)19-9-7-5-2/h10H,4-9H2,1-3H3,(H,16,17). The number of amides is 1. The first-order chi connectivity index (χ1) is 8.95. The van der Waals surface area contributed by atoms with Crippen LogP contribution in [0.5, 0.6) is 0 Å². The van der Waals surface area contributed by atoms with Gasteiger partial charge in [0.2, 0.25) is 0 Å². The third-order valence-electron chi connectivity index (χ3n) is 2.74. The van der Waals surface area contributed by atoms with Gasteiger partial charge >= 0.3 is 17.8 Å². The van der Waals surface area contributed by atoms with E-state index in [0.717, 1.165) is 17.7 Å². The number of ether oxygens (including phenoxy) is 1. The second-order valence-corrected chi connectivity index (χ2v) is 4.36. The van der Waals surface area contributed by atoms with Crippen LogP contribution in [0.1, 0.15) is 46.5 Å². The van der Waals surface area contributed by atoms with E-state index in [1.807, 2.05) is 13.8 Å². The van der Waals surface area contributed by atoms with E-state index in [2.05, 4.69) is 0 Å². The lowest BCUT2D eigenvalue weighted by Crippen LogP contribution is -2.47. The summed E-state index contributed by atoms with van der Waals surface area (Å²) in [6.45, 7) is 5.68. The molecule has 0 spiro atoms. The maximum absolute atomic E-state index is 11.9. The summed E-state index contributed by atoms with van der Waals surface area (Å²) in [7, 11) is 0. The topological polar surface area (TPSA) is 83.9 Å². The van der Waals surface area contributed by atoms with Gasteiger partial charge in [-0.05, 0) is 19.8 Å². The average molecular weight is 273 g/mol. The average Bonchev–Trinajstić information content (AvgIpc) is 2.38. The van der Waals surface area contributed by atoms with E-state index in [4.69, 9.17) is 9.84 Å². The molecule has 1 amide bonds. The molecule has 0 heterocycles. The Balaban J connectivity index is 4.60. The Kier molecular flexibility index (Phi) is 8.57. The molecule has 1 N–H and O–H groups in total. The minimum Gasteiger partial charge on any atom is -0.480 e. The van der Waals surface area contributed by atoms with Gasteiger partial charge in [-0.15, -0.1) is 0 Å². The van der Waals surface area contributed by atoms with Crippen LogP contribution in [0.25, 0.3) is 0 Å². The van der Waals surface area contributed by atoms with Gasteiger partial charge in [0.1, 0.15) is 6.04 Å². The Labute approximate surface area is 113 Å². The van der Waals surface area contributed by atoms with Crippen LogP contribution in [-0.4, -0.2) is 47.0 Å². The summed E-state index contributed by atoms with van der Waals surface area (Å²) in [6, 6.07) is -1.03. The van der Waals surface area contributed by atoms with Crippen LogP contribution in [0.2, 0.25) is 0 Å². The summed E-state index contributed by atoms with van der Waals surface area (Å²) in [4.78, 5) is 35.4. The first-order valence-corrected chi connectivity index (χ1v) is 6.66. The molecule has 1 atom stereocenters. The van der Waals surface area contributed by atoms with Gasteiger partial charge in [-0.25, -0.2) is 9.59 Å². The number of carboxylic acids is 1. The van der Waals surface area contributed by atoms with Crippen molar-refractivity contribution in [2.24, 2.45) is 0 Å². The highest BCUT2D eigenvalue weighted by molar-refractivity contribution is 6.32. The zero-order chi connectivity index (χ0) is 14.8. The number of rotatable bonds is 8. The molecule has 0 bridgehead atoms. The number of carbonyl (C=O) groups excluding carboxylic acids is 2. The monoisotopic (exact) mass is 273 g/mol. The molecule has 6 nitrogen and oxygen atoms in total. The van der Waals surface area contributed by atoms with Crippen LogP contribution in [0.3, 0.4) is 0 Å². The van der Waals surface area contributed by atoms with Crippen molar-refractivity contribution < 1.29 is 24.2 Å². The predicted molar refractivity (Wildman–Crippen MR) is 69.6 cm³/mol. The minimum atomic E-state index is -1.13. The summed E-state index contributed by atoms with van der Waals surface area (Å²) >= 11 is 0. The minimum absolute atomic E-state index is 0.185. The van der Waals surface area contributed by atoms with Gasteiger partial charge in [-0.2, -0.15) is 0 Å². The van der Waals surface area contributed by atoms with Crippen molar-refractivity contribution in [3.05, 3.63) is 0 Å². The highest BCUT2D eigenvalue weighted by atomic mass is 16.5. The van der Waals surface area contributed by atoms with Crippen molar-refractivity contribution in [3.63, 3.8) is 0 Å². The Morgan fingerprint density at radius 1 is 1.16 bits per heavy atom. The van der Waals surface area contributed by atoms with E-state index in [-0.39, 0.29) is 13.2 Å². The Morgan fingerprint density at radius 3 is 2.21 bits per heavy atom. The molecule has 0 rings (SSSR count). The molecule has 1 unspecified atom stereocenters. The summed E-state index contributed by atoms with van der Waals surface area (Å²) in [5.41, 5.74) is 0. The zero-order valence-corrected chi connectivity index (χ0v) is 11.8. The quantitative estimate of drug-likeness (QED) is 0.411. The summed E-state index contributed by atoms with van der Waals surface area (Å²) < 4.78 is 4.81. The van der Waals surface area contributed by atoms with Crippen LogP contribution in [0.4, 0.5) is 0 Å². The molecule has 0 aliphatic rings. The molecule has 0 radical (unpaired) electrons. The highest BCUT2D eigenvalue weighted by Crippen LogP contribution is 2.05. The number of carbonyl (C=O) groups is 3. The molecule has 0 aromatic rings. The molecular weight excluding hydrogens is 250 g/mol. The van der Waals surface area contributed by atoms with Crippen LogP contribution >= 0.6 is 0 Å². The fraction of sp³-hybridized carbons (Fsp3) is 0.769. The molecule has 6 heteroatoms. The maximum Gasteiger partial charge on any atom is 0.397 e. The Bertz CT molecular complexity index is 316. The van der Waals surface area contributed by atoms with E-state index >= 15 is 0 Å². The number of hydrogen-bond acceptors (Lipinski definition) is 4. The lowest BCUT2D eigenvalue weighted by molar-refractivity contribution is -0.163. The molecule has 0 saturated carbocycles. The normalized spacial score (nSPS) is 11.7. The van der Waals surface area contributed by atoms with Crippen LogP contribution in [0, 0.1) is 0 Å². The van der Waals surface area contributed by atoms with Crippen molar-refractivity contribution in [2.75, 3.05) is 13.2 Å². The fourth-order valence-electron chi connectivity index (χ4n) is 1.42. The second-order valence-electron chi connectivity index (χ2n) is 4.36. The maximum atomic E-state index is 11.9. The molecule has 19 heavy (non-hydrogen) atoms. The van der Waals surface area contributed by atoms with Crippen LogP contribution < -0.4 is 0 Å². The predicted octanol–water partition coefficient (Wildman–Crippen LogP) is 1.43. The molecule has 110 valence electrons. The first-order valence-electron chi connectivity index (χ1n) is 6.66. The van der Waals surface area contributed by atoms with E-state index < -0.39 is 23.9 Å². The third-order valence-corrected chi connectivity index (χ3v) is 2.74. The molecule has 0 aliphatic carbocycles. The van der Waals surface area contributed by atoms with Crippen molar-refractivity contribution in [3.8, 4) is 0 Å². The molecular formula is C13H23NO5. The third kappa shape index (κ3) is 6.22. The van der Waals surface area contributed by atoms with E-state index in [0.29, 0.717) is 12.8 Å². The van der Waals surface area contributed by atoms with Gasteiger partial charge in [0.05, 0.1) is 6.61 Å². The molecule has 0 aliphatic heterocycles. The van der Waals surface area contributed by atoms with Crippen LogP contribution in [0.15, 0.2) is 0 Å².